The largest absolute Gasteiger partial charge is 0.399 e. The third-order valence-corrected chi connectivity index (χ3v) is 9.75. The maximum Gasteiger partial charge on any atom is 0.259 e. The average Bonchev–Trinajstić information content (AvgIpc) is 3.25. The van der Waals surface area contributed by atoms with Crippen LogP contribution in [0.2, 0.25) is 0 Å². The van der Waals surface area contributed by atoms with Crippen LogP contribution in [0.25, 0.3) is 33.8 Å². The zero-order chi connectivity index (χ0) is 40.2. The standard InChI is InChI=1S/C46H40N8O3/c1-29-5-7-30(8-6-29)41-20-13-33(26-49-41)44(55)52(2)38-23-39(53(3)45(56)34-14-21-42(50-27-34)31-9-16-36(47)17-10-31)25-40(24-38)54(4)46(57)35-15-22-43(51-28-35)32-11-18-37(48)19-12-32/h5-28H,47-48H2,1-4H3. The number of rotatable bonds is 9. The topological polar surface area (TPSA) is 152 Å². The van der Waals surface area contributed by atoms with Gasteiger partial charge in [-0.25, -0.2) is 0 Å². The predicted octanol–water partition coefficient (Wildman–Crippen LogP) is 8.18. The molecule has 0 unspecified atom stereocenters. The molecule has 4 N–H and O–H groups in total. The number of carbonyl (C=O) groups excluding carboxylic acids is 3. The molecule has 0 atom stereocenters. The third-order valence-electron chi connectivity index (χ3n) is 9.75. The van der Waals surface area contributed by atoms with Crippen molar-refractivity contribution >= 4 is 46.2 Å². The number of nitrogens with two attached hydrogens (primary N) is 2. The minimum absolute atomic E-state index is 0.325. The maximum atomic E-state index is 13.9. The summed E-state index contributed by atoms with van der Waals surface area (Å²) in [6, 6.07) is 38.3. The molecule has 7 rings (SSSR count). The molecule has 4 aromatic carbocycles. The number of pyridine rings is 3. The Morgan fingerprint density at radius 1 is 0.421 bits per heavy atom. The fraction of sp³-hybridized carbons (Fsp3) is 0.0870. The van der Waals surface area contributed by atoms with Crippen molar-refractivity contribution < 1.29 is 14.4 Å². The Bertz CT molecular complexity index is 2260. The number of anilines is 5. The zero-order valence-corrected chi connectivity index (χ0v) is 31.9. The van der Waals surface area contributed by atoms with Crippen molar-refractivity contribution in [3.8, 4) is 33.8 Å². The van der Waals surface area contributed by atoms with Crippen molar-refractivity contribution in [2.24, 2.45) is 0 Å². The molecule has 0 radical (unpaired) electrons. The van der Waals surface area contributed by atoms with Gasteiger partial charge in [-0.3, -0.25) is 29.3 Å². The molecule has 0 aliphatic heterocycles. The van der Waals surface area contributed by atoms with Crippen LogP contribution in [0.5, 0.6) is 0 Å². The van der Waals surface area contributed by atoms with Crippen molar-refractivity contribution in [2.75, 3.05) is 47.3 Å². The summed E-state index contributed by atoms with van der Waals surface area (Å²) < 4.78 is 0. The number of carbonyl (C=O) groups is 3. The Hall–Kier alpha value is -7.66. The number of aryl methyl sites for hydroxylation is 1. The van der Waals surface area contributed by atoms with E-state index in [0.717, 1.165) is 27.9 Å². The van der Waals surface area contributed by atoms with Gasteiger partial charge < -0.3 is 26.2 Å². The lowest BCUT2D eigenvalue weighted by atomic mass is 10.1. The Morgan fingerprint density at radius 3 is 0.965 bits per heavy atom. The Morgan fingerprint density at radius 2 is 0.702 bits per heavy atom. The molecule has 3 aromatic heterocycles. The van der Waals surface area contributed by atoms with E-state index in [1.165, 1.54) is 27.1 Å². The molecule has 57 heavy (non-hydrogen) atoms. The number of hydrogen-bond donors (Lipinski definition) is 2. The highest BCUT2D eigenvalue weighted by Crippen LogP contribution is 2.32. The molecular weight excluding hydrogens is 713 g/mol. The van der Waals surface area contributed by atoms with E-state index in [9.17, 15) is 14.4 Å². The van der Waals surface area contributed by atoms with E-state index in [-0.39, 0.29) is 17.7 Å². The summed E-state index contributed by atoms with van der Waals surface area (Å²) in [5, 5.41) is 0. The minimum atomic E-state index is -0.337. The number of hydrogen-bond acceptors (Lipinski definition) is 8. The molecule has 0 saturated heterocycles. The van der Waals surface area contributed by atoms with Crippen molar-refractivity contribution in [2.45, 2.75) is 6.92 Å². The molecule has 0 fully saturated rings. The molecule has 0 aliphatic carbocycles. The van der Waals surface area contributed by atoms with E-state index in [0.29, 0.717) is 56.5 Å². The lowest BCUT2D eigenvalue weighted by molar-refractivity contribution is 0.0986. The molecule has 11 heteroatoms. The van der Waals surface area contributed by atoms with E-state index in [4.69, 9.17) is 11.5 Å². The second-order valence-corrected chi connectivity index (χ2v) is 13.7. The summed E-state index contributed by atoms with van der Waals surface area (Å²) in [4.78, 5) is 59.8. The molecule has 0 bridgehead atoms. The first-order valence-corrected chi connectivity index (χ1v) is 18.1. The van der Waals surface area contributed by atoms with Crippen molar-refractivity contribution in [1.29, 1.82) is 0 Å². The predicted molar refractivity (Wildman–Crippen MR) is 227 cm³/mol. The number of benzene rings is 4. The second kappa shape index (κ2) is 16.0. The molecule has 0 saturated carbocycles. The highest BCUT2D eigenvalue weighted by Gasteiger charge is 2.23. The molecule has 0 aliphatic rings. The highest BCUT2D eigenvalue weighted by molar-refractivity contribution is 6.10. The normalized spacial score (nSPS) is 10.8. The van der Waals surface area contributed by atoms with Crippen LogP contribution >= 0.6 is 0 Å². The lowest BCUT2D eigenvalue weighted by Crippen LogP contribution is -2.31. The van der Waals surface area contributed by atoms with Crippen LogP contribution in [0.4, 0.5) is 28.4 Å². The third kappa shape index (κ3) is 8.23. The van der Waals surface area contributed by atoms with Gasteiger partial charge in [0.15, 0.2) is 0 Å². The summed E-state index contributed by atoms with van der Waals surface area (Å²) in [6.45, 7) is 2.02. The van der Waals surface area contributed by atoms with Crippen LogP contribution in [-0.4, -0.2) is 53.8 Å². The smallest absolute Gasteiger partial charge is 0.259 e. The Balaban J connectivity index is 1.19. The summed E-state index contributed by atoms with van der Waals surface area (Å²) in [5.74, 6) is -1.000. The van der Waals surface area contributed by atoms with Gasteiger partial charge in [0.05, 0.1) is 33.8 Å². The monoisotopic (exact) mass is 752 g/mol. The van der Waals surface area contributed by atoms with Gasteiger partial charge in [-0.1, -0.05) is 54.1 Å². The van der Waals surface area contributed by atoms with E-state index in [1.54, 1.807) is 100 Å². The molecule has 7 aromatic rings. The van der Waals surface area contributed by atoms with E-state index < -0.39 is 0 Å². The molecule has 3 amide bonds. The van der Waals surface area contributed by atoms with E-state index in [1.807, 2.05) is 61.5 Å². The van der Waals surface area contributed by atoms with Gasteiger partial charge in [0, 0.05) is 84.9 Å². The average molecular weight is 753 g/mol. The van der Waals surface area contributed by atoms with Gasteiger partial charge in [0.1, 0.15) is 0 Å². The molecule has 0 spiro atoms. The second-order valence-electron chi connectivity index (χ2n) is 13.7. The van der Waals surface area contributed by atoms with Gasteiger partial charge in [-0.2, -0.15) is 0 Å². The number of nitrogens with zero attached hydrogens (tertiary/aromatic N) is 6. The van der Waals surface area contributed by atoms with Gasteiger partial charge in [-0.05, 0) is 85.8 Å². The Labute approximate surface area is 330 Å². The first-order valence-electron chi connectivity index (χ1n) is 18.1. The summed E-state index contributed by atoms with van der Waals surface area (Å²) in [5.41, 5.74) is 21.3. The molecule has 3 heterocycles. The number of nitrogen functional groups attached to an aromatic ring is 2. The van der Waals surface area contributed by atoms with Crippen LogP contribution in [0.1, 0.15) is 36.6 Å². The van der Waals surface area contributed by atoms with Crippen LogP contribution in [0, 0.1) is 6.92 Å². The summed E-state index contributed by atoms with van der Waals surface area (Å²) >= 11 is 0. The zero-order valence-electron chi connectivity index (χ0n) is 31.9. The van der Waals surface area contributed by atoms with Gasteiger partial charge in [0.2, 0.25) is 0 Å². The molecule has 282 valence electrons. The summed E-state index contributed by atoms with van der Waals surface area (Å²) in [7, 11) is 4.91. The van der Waals surface area contributed by atoms with Gasteiger partial charge >= 0.3 is 0 Å². The van der Waals surface area contributed by atoms with Crippen molar-refractivity contribution in [3.63, 3.8) is 0 Å². The van der Waals surface area contributed by atoms with E-state index >= 15 is 0 Å². The maximum absolute atomic E-state index is 13.9. The fourth-order valence-electron chi connectivity index (χ4n) is 6.20. The number of aromatic nitrogens is 3. The summed E-state index contributed by atoms with van der Waals surface area (Å²) in [6.07, 6.45) is 4.59. The van der Waals surface area contributed by atoms with Crippen LogP contribution in [-0.2, 0) is 0 Å². The fourth-order valence-corrected chi connectivity index (χ4v) is 6.20. The Kier molecular flexibility index (Phi) is 10.6. The van der Waals surface area contributed by atoms with Crippen LogP contribution in [0.15, 0.2) is 146 Å². The first-order chi connectivity index (χ1) is 27.4. The molecular formula is C46H40N8O3. The van der Waals surface area contributed by atoms with Gasteiger partial charge in [-0.15, -0.1) is 0 Å². The first kappa shape index (κ1) is 37.6. The van der Waals surface area contributed by atoms with Crippen LogP contribution < -0.4 is 26.2 Å². The van der Waals surface area contributed by atoms with Crippen molar-refractivity contribution in [1.82, 2.24) is 15.0 Å². The quantitative estimate of drug-likeness (QED) is 0.140. The lowest BCUT2D eigenvalue weighted by Gasteiger charge is -2.26. The minimum Gasteiger partial charge on any atom is -0.399 e. The highest BCUT2D eigenvalue weighted by atomic mass is 16.2. The van der Waals surface area contributed by atoms with Gasteiger partial charge in [0.25, 0.3) is 17.7 Å². The van der Waals surface area contributed by atoms with Crippen molar-refractivity contribution in [3.05, 3.63) is 168 Å². The SMILES string of the molecule is Cc1ccc(-c2ccc(C(=O)N(C)c3cc(N(C)C(=O)c4ccc(-c5ccc(N)cc5)nc4)cc(N(C)C(=O)c4ccc(-c5ccc(N)cc5)nc4)c3)cn2)cc1. The van der Waals surface area contributed by atoms with Crippen LogP contribution in [0.3, 0.4) is 0 Å². The number of amides is 3. The van der Waals surface area contributed by atoms with E-state index in [2.05, 4.69) is 15.0 Å². The molecule has 11 nitrogen and oxygen atoms in total.